The van der Waals surface area contributed by atoms with E-state index >= 15 is 0 Å². The molecule has 0 bridgehead atoms. The van der Waals surface area contributed by atoms with Gasteiger partial charge in [-0.25, -0.2) is 13.6 Å². The molecule has 2 rings (SSSR count). The molecule has 0 spiro atoms. The molecule has 0 unspecified atom stereocenters. The number of halogens is 2. The maximum atomic E-state index is 13.8. The number of rotatable bonds is 6. The van der Waals surface area contributed by atoms with Crippen LogP contribution in [0.25, 0.3) is 0 Å². The van der Waals surface area contributed by atoms with Crippen molar-refractivity contribution >= 4 is 5.97 Å². The number of carbonyl (C=O) groups excluding carboxylic acids is 1. The lowest BCUT2D eigenvalue weighted by molar-refractivity contribution is 0.0734. The first kappa shape index (κ1) is 16.9. The van der Waals surface area contributed by atoms with Crippen molar-refractivity contribution in [1.82, 2.24) is 0 Å². The van der Waals surface area contributed by atoms with Gasteiger partial charge in [0.05, 0.1) is 12.2 Å². The smallest absolute Gasteiger partial charge is 0.343 e. The minimum Gasteiger partial charge on any atom is -0.494 e. The molecular weight excluding hydrogens is 302 g/mol. The standard InChI is InChI=1S/C18H18F2O3/c1-3-5-15-16(19)10-14(11-17(15)20)23-18(21)12-6-8-13(9-7-12)22-4-2/h6-11H,3-5H2,1-2H3. The van der Waals surface area contributed by atoms with E-state index in [1.54, 1.807) is 12.1 Å². The quantitative estimate of drug-likeness (QED) is 0.579. The summed E-state index contributed by atoms with van der Waals surface area (Å²) in [6, 6.07) is 8.38. The molecule has 0 saturated carbocycles. The van der Waals surface area contributed by atoms with Gasteiger partial charge in [-0.3, -0.25) is 0 Å². The second-order valence-corrected chi connectivity index (χ2v) is 4.96. The molecule has 2 aromatic carbocycles. The Hall–Kier alpha value is -2.43. The lowest BCUT2D eigenvalue weighted by Gasteiger charge is -2.09. The van der Waals surface area contributed by atoms with E-state index in [1.807, 2.05) is 13.8 Å². The highest BCUT2D eigenvalue weighted by molar-refractivity contribution is 5.91. The number of ether oxygens (including phenoxy) is 2. The zero-order chi connectivity index (χ0) is 16.8. The zero-order valence-corrected chi connectivity index (χ0v) is 13.1. The normalized spacial score (nSPS) is 10.4. The van der Waals surface area contributed by atoms with Gasteiger partial charge in [-0.05, 0) is 37.6 Å². The Morgan fingerprint density at radius 2 is 1.61 bits per heavy atom. The van der Waals surface area contributed by atoms with Gasteiger partial charge in [0.15, 0.2) is 0 Å². The summed E-state index contributed by atoms with van der Waals surface area (Å²) in [5, 5.41) is 0. The van der Waals surface area contributed by atoms with Crippen LogP contribution < -0.4 is 9.47 Å². The summed E-state index contributed by atoms with van der Waals surface area (Å²) in [5.74, 6) is -1.62. The van der Waals surface area contributed by atoms with Crippen molar-refractivity contribution in [3.05, 3.63) is 59.2 Å². The molecular formula is C18H18F2O3. The number of carbonyl (C=O) groups is 1. The number of hydrogen-bond donors (Lipinski definition) is 0. The van der Waals surface area contributed by atoms with Crippen molar-refractivity contribution in [2.24, 2.45) is 0 Å². The van der Waals surface area contributed by atoms with Crippen LogP contribution in [0.5, 0.6) is 11.5 Å². The molecule has 0 aliphatic rings. The second kappa shape index (κ2) is 7.72. The topological polar surface area (TPSA) is 35.5 Å². The molecule has 3 nitrogen and oxygen atoms in total. The third kappa shape index (κ3) is 4.28. The molecule has 23 heavy (non-hydrogen) atoms. The molecule has 0 aromatic heterocycles. The number of esters is 1. The summed E-state index contributed by atoms with van der Waals surface area (Å²) in [4.78, 5) is 12.0. The fraction of sp³-hybridized carbons (Fsp3) is 0.278. The molecule has 0 fully saturated rings. The molecule has 0 heterocycles. The van der Waals surface area contributed by atoms with Gasteiger partial charge in [0, 0.05) is 17.7 Å². The lowest BCUT2D eigenvalue weighted by Crippen LogP contribution is -2.09. The maximum Gasteiger partial charge on any atom is 0.343 e. The highest BCUT2D eigenvalue weighted by Crippen LogP contribution is 2.23. The Bertz CT molecular complexity index is 658. The first-order chi connectivity index (χ1) is 11.0. The summed E-state index contributed by atoms with van der Waals surface area (Å²) < 4.78 is 38.0. The Balaban J connectivity index is 2.13. The molecule has 2 aromatic rings. The third-order valence-electron chi connectivity index (χ3n) is 3.23. The summed E-state index contributed by atoms with van der Waals surface area (Å²) in [6.45, 7) is 4.21. The van der Waals surface area contributed by atoms with E-state index in [4.69, 9.17) is 9.47 Å². The second-order valence-electron chi connectivity index (χ2n) is 4.96. The molecule has 0 radical (unpaired) electrons. The predicted molar refractivity (Wildman–Crippen MR) is 82.9 cm³/mol. The Morgan fingerprint density at radius 3 is 2.13 bits per heavy atom. The van der Waals surface area contributed by atoms with Crippen LogP contribution >= 0.6 is 0 Å². The molecule has 0 aliphatic heterocycles. The highest BCUT2D eigenvalue weighted by Gasteiger charge is 2.14. The van der Waals surface area contributed by atoms with Gasteiger partial charge in [0.25, 0.3) is 0 Å². The lowest BCUT2D eigenvalue weighted by atomic mass is 10.1. The van der Waals surface area contributed by atoms with Crippen molar-refractivity contribution < 1.29 is 23.0 Å². The van der Waals surface area contributed by atoms with Crippen molar-refractivity contribution in [2.75, 3.05) is 6.61 Å². The third-order valence-corrected chi connectivity index (χ3v) is 3.23. The van der Waals surface area contributed by atoms with Crippen LogP contribution in [-0.2, 0) is 6.42 Å². The van der Waals surface area contributed by atoms with E-state index in [2.05, 4.69) is 0 Å². The van der Waals surface area contributed by atoms with Gasteiger partial charge in [0.2, 0.25) is 0 Å². The van der Waals surface area contributed by atoms with Crippen molar-refractivity contribution in [3.8, 4) is 11.5 Å². The van der Waals surface area contributed by atoms with Crippen molar-refractivity contribution in [3.63, 3.8) is 0 Å². The fourth-order valence-electron chi connectivity index (χ4n) is 2.15. The Kier molecular flexibility index (Phi) is 5.68. The predicted octanol–water partition coefficient (Wildman–Crippen LogP) is 4.54. The van der Waals surface area contributed by atoms with Gasteiger partial charge in [-0.2, -0.15) is 0 Å². The van der Waals surface area contributed by atoms with Crippen LogP contribution in [0.4, 0.5) is 8.78 Å². The van der Waals surface area contributed by atoms with Crippen LogP contribution in [0.3, 0.4) is 0 Å². The first-order valence-electron chi connectivity index (χ1n) is 7.48. The van der Waals surface area contributed by atoms with Gasteiger partial charge >= 0.3 is 5.97 Å². The van der Waals surface area contributed by atoms with Gasteiger partial charge in [0.1, 0.15) is 23.1 Å². The molecule has 122 valence electrons. The van der Waals surface area contributed by atoms with Crippen LogP contribution in [0, 0.1) is 11.6 Å². The minimum atomic E-state index is -0.707. The highest BCUT2D eigenvalue weighted by atomic mass is 19.1. The summed E-state index contributed by atoms with van der Waals surface area (Å²) in [7, 11) is 0. The summed E-state index contributed by atoms with van der Waals surface area (Å²) in [5.41, 5.74) is 0.278. The Morgan fingerprint density at radius 1 is 1.00 bits per heavy atom. The van der Waals surface area contributed by atoms with Crippen LogP contribution in [0.2, 0.25) is 0 Å². The maximum absolute atomic E-state index is 13.8. The molecule has 0 aliphatic carbocycles. The van der Waals surface area contributed by atoms with E-state index < -0.39 is 17.6 Å². The summed E-state index contributed by atoms with van der Waals surface area (Å²) >= 11 is 0. The van der Waals surface area contributed by atoms with Crippen LogP contribution in [-0.4, -0.2) is 12.6 Å². The first-order valence-corrected chi connectivity index (χ1v) is 7.48. The van der Waals surface area contributed by atoms with Crippen molar-refractivity contribution in [2.45, 2.75) is 26.7 Å². The van der Waals surface area contributed by atoms with Gasteiger partial charge < -0.3 is 9.47 Å². The fourth-order valence-corrected chi connectivity index (χ4v) is 2.15. The van der Waals surface area contributed by atoms with E-state index in [0.29, 0.717) is 25.2 Å². The largest absolute Gasteiger partial charge is 0.494 e. The van der Waals surface area contributed by atoms with Gasteiger partial charge in [-0.15, -0.1) is 0 Å². The van der Waals surface area contributed by atoms with E-state index in [1.165, 1.54) is 12.1 Å². The molecule has 0 atom stereocenters. The minimum absolute atomic E-state index is 0.00775. The average molecular weight is 320 g/mol. The van der Waals surface area contributed by atoms with Crippen LogP contribution in [0.15, 0.2) is 36.4 Å². The Labute approximate surface area is 133 Å². The van der Waals surface area contributed by atoms with E-state index in [9.17, 15) is 13.6 Å². The molecule has 5 heteroatoms. The van der Waals surface area contributed by atoms with Gasteiger partial charge in [-0.1, -0.05) is 13.3 Å². The zero-order valence-electron chi connectivity index (χ0n) is 13.1. The molecule has 0 amide bonds. The number of hydrogen-bond acceptors (Lipinski definition) is 3. The van der Waals surface area contributed by atoms with Crippen LogP contribution in [0.1, 0.15) is 36.2 Å². The molecule has 0 saturated heterocycles. The van der Waals surface area contributed by atoms with E-state index in [-0.39, 0.29) is 16.9 Å². The van der Waals surface area contributed by atoms with Crippen molar-refractivity contribution in [1.29, 1.82) is 0 Å². The monoisotopic (exact) mass is 320 g/mol. The number of benzene rings is 2. The summed E-state index contributed by atoms with van der Waals surface area (Å²) in [6.07, 6.45) is 0.921. The molecule has 0 N–H and O–H groups in total. The van der Waals surface area contributed by atoms with E-state index in [0.717, 1.165) is 12.1 Å². The SMILES string of the molecule is CCCc1c(F)cc(OC(=O)c2ccc(OCC)cc2)cc1F. The average Bonchev–Trinajstić information content (AvgIpc) is 2.52.